The van der Waals surface area contributed by atoms with E-state index in [0.717, 1.165) is 0 Å². The number of hydrogen-bond donors (Lipinski definition) is 2. The lowest BCUT2D eigenvalue weighted by molar-refractivity contribution is 0.411. The molecule has 100 valence electrons. The number of methoxy groups -OCH3 is 1. The van der Waals surface area contributed by atoms with Gasteiger partial charge in [-0.1, -0.05) is 11.6 Å². The fraction of sp³-hybridized carbons (Fsp3) is 0.143. The van der Waals surface area contributed by atoms with Gasteiger partial charge in [0.05, 0.1) is 7.11 Å². The Balaban J connectivity index is 2.13. The molecule has 0 atom stereocenters. The first-order valence-electron chi connectivity index (χ1n) is 5.64. The monoisotopic (exact) mass is 281 g/mol. The second-order valence-electron chi connectivity index (χ2n) is 4.01. The van der Waals surface area contributed by atoms with Crippen LogP contribution in [0.5, 0.6) is 11.5 Å². The lowest BCUT2D eigenvalue weighted by Crippen LogP contribution is -2.00. The molecule has 19 heavy (non-hydrogen) atoms. The van der Waals surface area contributed by atoms with E-state index < -0.39 is 5.82 Å². The molecule has 0 aliphatic heterocycles. The maximum absolute atomic E-state index is 13.2. The first-order valence-corrected chi connectivity index (χ1v) is 6.02. The van der Waals surface area contributed by atoms with Crippen LogP contribution in [0.25, 0.3) is 0 Å². The average Bonchev–Trinajstić information content (AvgIpc) is 2.37. The van der Waals surface area contributed by atoms with Gasteiger partial charge in [0.25, 0.3) is 0 Å². The molecule has 0 saturated carbocycles. The van der Waals surface area contributed by atoms with Crippen LogP contribution >= 0.6 is 11.6 Å². The molecule has 0 aliphatic rings. The number of benzene rings is 2. The Kier molecular flexibility index (Phi) is 4.12. The molecule has 0 aromatic heterocycles. The van der Waals surface area contributed by atoms with Crippen molar-refractivity contribution in [2.24, 2.45) is 0 Å². The van der Waals surface area contributed by atoms with Gasteiger partial charge in [0.15, 0.2) is 0 Å². The Morgan fingerprint density at radius 3 is 2.74 bits per heavy atom. The molecule has 0 radical (unpaired) electrons. The van der Waals surface area contributed by atoms with E-state index in [4.69, 9.17) is 16.3 Å². The minimum Gasteiger partial charge on any atom is -0.508 e. The second kappa shape index (κ2) is 5.80. The summed E-state index contributed by atoms with van der Waals surface area (Å²) in [6.45, 7) is 0.336. The summed E-state index contributed by atoms with van der Waals surface area (Å²) in [5, 5.41) is 13.0. The lowest BCUT2D eigenvalue weighted by Gasteiger charge is -2.10. The van der Waals surface area contributed by atoms with Gasteiger partial charge in [-0.15, -0.1) is 0 Å². The summed E-state index contributed by atoms with van der Waals surface area (Å²) in [5.74, 6) is 0.382. The summed E-state index contributed by atoms with van der Waals surface area (Å²) in [6.07, 6.45) is 0. The summed E-state index contributed by atoms with van der Waals surface area (Å²) in [5.41, 5.74) is 1.20. The molecule has 0 unspecified atom stereocenters. The number of aromatic hydroxyl groups is 1. The fourth-order valence-corrected chi connectivity index (χ4v) is 1.91. The van der Waals surface area contributed by atoms with Crippen LogP contribution in [0.1, 0.15) is 5.56 Å². The van der Waals surface area contributed by atoms with Gasteiger partial charge in [-0.25, -0.2) is 4.39 Å². The summed E-state index contributed by atoms with van der Waals surface area (Å²) in [6, 6.07) is 9.11. The van der Waals surface area contributed by atoms with E-state index >= 15 is 0 Å². The molecule has 0 amide bonds. The second-order valence-corrected chi connectivity index (χ2v) is 4.44. The van der Waals surface area contributed by atoms with Crippen LogP contribution in [0.3, 0.4) is 0 Å². The topological polar surface area (TPSA) is 41.5 Å². The highest BCUT2D eigenvalue weighted by molar-refractivity contribution is 6.30. The average molecular weight is 282 g/mol. The van der Waals surface area contributed by atoms with E-state index in [1.165, 1.54) is 12.1 Å². The SMILES string of the molecule is COc1ccc(O)c(CNc2cc(F)cc(Cl)c2)c1. The van der Waals surface area contributed by atoms with Crippen LogP contribution in [0.15, 0.2) is 36.4 Å². The standard InChI is InChI=1S/C14H13ClFNO2/c1-19-13-2-3-14(18)9(4-13)8-17-12-6-10(15)5-11(16)7-12/h2-7,17-18H,8H2,1H3. The van der Waals surface area contributed by atoms with Crippen molar-refractivity contribution in [1.82, 2.24) is 0 Å². The molecular formula is C14H13ClFNO2. The largest absolute Gasteiger partial charge is 0.508 e. The van der Waals surface area contributed by atoms with Gasteiger partial charge < -0.3 is 15.2 Å². The summed E-state index contributed by atoms with van der Waals surface area (Å²) in [7, 11) is 1.55. The Morgan fingerprint density at radius 2 is 2.05 bits per heavy atom. The molecule has 2 N–H and O–H groups in total. The van der Waals surface area contributed by atoms with Crippen LogP contribution < -0.4 is 10.1 Å². The number of phenols is 1. The molecule has 3 nitrogen and oxygen atoms in total. The first-order chi connectivity index (χ1) is 9.08. The number of phenolic OH excluding ortho intramolecular Hbond substituents is 1. The van der Waals surface area contributed by atoms with E-state index in [0.29, 0.717) is 28.6 Å². The maximum atomic E-state index is 13.2. The van der Waals surface area contributed by atoms with Crippen molar-refractivity contribution in [2.75, 3.05) is 12.4 Å². The van der Waals surface area contributed by atoms with Crippen molar-refractivity contribution < 1.29 is 14.2 Å². The van der Waals surface area contributed by atoms with Crippen molar-refractivity contribution in [2.45, 2.75) is 6.54 Å². The van der Waals surface area contributed by atoms with Gasteiger partial charge in [-0.05, 0) is 36.4 Å². The number of ether oxygens (including phenoxy) is 1. The quantitative estimate of drug-likeness (QED) is 0.895. The molecule has 0 heterocycles. The van der Waals surface area contributed by atoms with Crippen molar-refractivity contribution in [3.63, 3.8) is 0 Å². The van der Waals surface area contributed by atoms with Crippen molar-refractivity contribution >= 4 is 17.3 Å². The van der Waals surface area contributed by atoms with E-state index in [-0.39, 0.29) is 5.75 Å². The molecule has 0 bridgehead atoms. The van der Waals surface area contributed by atoms with Crippen LogP contribution in [0.4, 0.5) is 10.1 Å². The van der Waals surface area contributed by atoms with E-state index in [1.807, 2.05) is 0 Å². The van der Waals surface area contributed by atoms with Crippen LogP contribution in [0.2, 0.25) is 5.02 Å². The highest BCUT2D eigenvalue weighted by Crippen LogP contribution is 2.24. The maximum Gasteiger partial charge on any atom is 0.126 e. The minimum absolute atomic E-state index is 0.149. The van der Waals surface area contributed by atoms with E-state index in [1.54, 1.807) is 31.4 Å². The van der Waals surface area contributed by atoms with Gasteiger partial charge in [-0.3, -0.25) is 0 Å². The Labute approximate surface area is 115 Å². The zero-order valence-electron chi connectivity index (χ0n) is 10.3. The molecule has 0 fully saturated rings. The summed E-state index contributed by atoms with van der Waals surface area (Å²) < 4.78 is 18.2. The number of nitrogens with one attached hydrogen (secondary N) is 1. The third-order valence-electron chi connectivity index (χ3n) is 2.63. The lowest BCUT2D eigenvalue weighted by atomic mass is 10.2. The Bertz CT molecular complexity index is 569. The zero-order valence-corrected chi connectivity index (χ0v) is 11.0. The predicted molar refractivity (Wildman–Crippen MR) is 73.4 cm³/mol. The molecule has 0 spiro atoms. The van der Waals surface area contributed by atoms with Crippen molar-refractivity contribution in [1.29, 1.82) is 0 Å². The number of hydrogen-bond acceptors (Lipinski definition) is 3. The molecule has 2 aromatic carbocycles. The van der Waals surface area contributed by atoms with Crippen molar-refractivity contribution in [3.8, 4) is 11.5 Å². The van der Waals surface area contributed by atoms with Gasteiger partial charge in [-0.2, -0.15) is 0 Å². The molecule has 0 saturated heterocycles. The molecule has 5 heteroatoms. The smallest absolute Gasteiger partial charge is 0.126 e. The summed E-state index contributed by atoms with van der Waals surface area (Å²) >= 11 is 5.76. The molecule has 2 aromatic rings. The highest BCUT2D eigenvalue weighted by Gasteiger charge is 2.04. The van der Waals surface area contributed by atoms with Crippen LogP contribution in [0, 0.1) is 5.82 Å². The Morgan fingerprint density at radius 1 is 1.26 bits per heavy atom. The number of rotatable bonds is 4. The number of halogens is 2. The third kappa shape index (κ3) is 3.51. The molecular weight excluding hydrogens is 269 g/mol. The van der Waals surface area contributed by atoms with E-state index in [2.05, 4.69) is 5.32 Å². The van der Waals surface area contributed by atoms with Crippen LogP contribution in [-0.4, -0.2) is 12.2 Å². The molecule has 0 aliphatic carbocycles. The summed E-state index contributed by atoms with van der Waals surface area (Å²) in [4.78, 5) is 0. The van der Waals surface area contributed by atoms with Gasteiger partial charge >= 0.3 is 0 Å². The fourth-order valence-electron chi connectivity index (χ4n) is 1.68. The van der Waals surface area contributed by atoms with Gasteiger partial charge in [0.1, 0.15) is 17.3 Å². The van der Waals surface area contributed by atoms with Gasteiger partial charge in [0, 0.05) is 22.8 Å². The minimum atomic E-state index is -0.412. The highest BCUT2D eigenvalue weighted by atomic mass is 35.5. The van der Waals surface area contributed by atoms with Crippen molar-refractivity contribution in [3.05, 3.63) is 52.8 Å². The Hall–Kier alpha value is -1.94. The molecule has 2 rings (SSSR count). The van der Waals surface area contributed by atoms with E-state index in [9.17, 15) is 9.50 Å². The van der Waals surface area contributed by atoms with Gasteiger partial charge in [0.2, 0.25) is 0 Å². The zero-order chi connectivity index (χ0) is 13.8. The third-order valence-corrected chi connectivity index (χ3v) is 2.85. The number of anilines is 1. The van der Waals surface area contributed by atoms with Crippen LogP contribution in [-0.2, 0) is 6.54 Å². The predicted octanol–water partition coefficient (Wildman–Crippen LogP) is 3.81. The first kappa shape index (κ1) is 13.5. The normalized spacial score (nSPS) is 10.3.